The van der Waals surface area contributed by atoms with Gasteiger partial charge in [0.25, 0.3) is 0 Å². The maximum atomic E-state index is 12.5. The second kappa shape index (κ2) is 7.25. The highest BCUT2D eigenvalue weighted by Crippen LogP contribution is 2.31. The summed E-state index contributed by atoms with van der Waals surface area (Å²) >= 11 is 0. The number of methoxy groups -OCH3 is 2. The Morgan fingerprint density at radius 1 is 1.17 bits per heavy atom. The summed E-state index contributed by atoms with van der Waals surface area (Å²) in [6.07, 6.45) is 0.692. The van der Waals surface area contributed by atoms with Crippen LogP contribution in [0.25, 0.3) is 0 Å². The van der Waals surface area contributed by atoms with Gasteiger partial charge >= 0.3 is 0 Å². The molecule has 0 saturated heterocycles. The lowest BCUT2D eigenvalue weighted by molar-refractivity contribution is -0.126. The summed E-state index contributed by atoms with van der Waals surface area (Å²) in [6.45, 7) is 0.787. The van der Waals surface area contributed by atoms with Crippen LogP contribution in [-0.2, 0) is 17.8 Å². The predicted octanol–water partition coefficient (Wildman–Crippen LogP) is 2.57. The maximum absolute atomic E-state index is 12.5. The second-order valence-electron chi connectivity index (χ2n) is 5.69. The van der Waals surface area contributed by atoms with Gasteiger partial charge in [-0.2, -0.15) is 0 Å². The number of carbonyl (C=O) groups excluding carboxylic acids is 1. The number of benzene rings is 2. The number of hydrogen-bond acceptors (Lipinski definition) is 4. The summed E-state index contributed by atoms with van der Waals surface area (Å²) < 4.78 is 16.4. The lowest BCUT2D eigenvalue weighted by Gasteiger charge is -2.24. The molecule has 5 nitrogen and oxygen atoms in total. The van der Waals surface area contributed by atoms with E-state index in [1.807, 2.05) is 42.5 Å². The molecular formula is C19H21NO4. The zero-order valence-corrected chi connectivity index (χ0v) is 13.9. The van der Waals surface area contributed by atoms with Gasteiger partial charge in [0.05, 0.1) is 20.1 Å². The molecule has 0 spiro atoms. The first-order chi connectivity index (χ1) is 11.7. The third-order valence-corrected chi connectivity index (χ3v) is 4.19. The van der Waals surface area contributed by atoms with E-state index in [9.17, 15) is 4.79 Å². The van der Waals surface area contributed by atoms with E-state index >= 15 is 0 Å². The van der Waals surface area contributed by atoms with Gasteiger partial charge in [-0.15, -0.1) is 0 Å². The Morgan fingerprint density at radius 3 is 2.79 bits per heavy atom. The third-order valence-electron chi connectivity index (χ3n) is 4.19. The summed E-state index contributed by atoms with van der Waals surface area (Å²) in [6, 6.07) is 13.5. The smallest absolute Gasteiger partial charge is 0.227 e. The van der Waals surface area contributed by atoms with Gasteiger partial charge in [-0.25, -0.2) is 0 Å². The van der Waals surface area contributed by atoms with Crippen LogP contribution < -0.4 is 19.5 Å². The number of carbonyl (C=O) groups is 1. The van der Waals surface area contributed by atoms with Crippen LogP contribution >= 0.6 is 0 Å². The minimum absolute atomic E-state index is 0.0191. The predicted molar refractivity (Wildman–Crippen MR) is 90.5 cm³/mol. The Hall–Kier alpha value is -2.69. The standard InChI is InChI=1S/C19H21NO4/c1-22-17-9-5-7-14(18(17)23-2)11-20-19(21)15-10-13-6-3-4-8-16(13)24-12-15/h3-9,15H,10-12H2,1-2H3,(H,20,21). The van der Waals surface area contributed by atoms with Crippen molar-refractivity contribution < 1.29 is 19.0 Å². The van der Waals surface area contributed by atoms with Gasteiger partial charge in [-0.05, 0) is 24.1 Å². The van der Waals surface area contributed by atoms with Crippen LogP contribution in [0.5, 0.6) is 17.2 Å². The van der Waals surface area contributed by atoms with E-state index in [-0.39, 0.29) is 11.8 Å². The van der Waals surface area contributed by atoms with Crippen LogP contribution in [0.2, 0.25) is 0 Å². The third kappa shape index (κ3) is 3.30. The number of fused-ring (bicyclic) bond motifs is 1. The Morgan fingerprint density at radius 2 is 2.00 bits per heavy atom. The molecule has 1 N–H and O–H groups in total. The van der Waals surface area contributed by atoms with Crippen LogP contribution in [0.4, 0.5) is 0 Å². The molecule has 2 aromatic carbocycles. The first-order valence-corrected chi connectivity index (χ1v) is 7.91. The lowest BCUT2D eigenvalue weighted by Crippen LogP contribution is -2.37. The molecule has 1 atom stereocenters. The van der Waals surface area contributed by atoms with E-state index in [4.69, 9.17) is 14.2 Å². The van der Waals surface area contributed by atoms with E-state index in [1.54, 1.807) is 14.2 Å². The molecule has 1 heterocycles. The molecular weight excluding hydrogens is 306 g/mol. The molecule has 0 aromatic heterocycles. The van der Waals surface area contributed by atoms with Crippen LogP contribution in [-0.4, -0.2) is 26.7 Å². The summed E-state index contributed by atoms with van der Waals surface area (Å²) in [7, 11) is 3.19. The summed E-state index contributed by atoms with van der Waals surface area (Å²) in [5, 5.41) is 2.97. The minimum atomic E-state index is -0.184. The number of ether oxygens (including phenoxy) is 3. The van der Waals surface area contributed by atoms with Crippen LogP contribution in [0.3, 0.4) is 0 Å². The highest BCUT2D eigenvalue weighted by Gasteiger charge is 2.25. The average Bonchev–Trinajstić information content (AvgIpc) is 2.65. The highest BCUT2D eigenvalue weighted by molar-refractivity contribution is 5.79. The quantitative estimate of drug-likeness (QED) is 0.917. The van der Waals surface area contributed by atoms with Gasteiger partial charge in [-0.3, -0.25) is 4.79 Å². The Balaban J connectivity index is 1.65. The van der Waals surface area contributed by atoms with E-state index in [2.05, 4.69) is 5.32 Å². The topological polar surface area (TPSA) is 56.8 Å². The zero-order valence-electron chi connectivity index (χ0n) is 13.9. The molecule has 0 bridgehead atoms. The van der Waals surface area contributed by atoms with Crippen molar-refractivity contribution in [3.05, 3.63) is 53.6 Å². The first kappa shape index (κ1) is 16.2. The van der Waals surface area contributed by atoms with E-state index in [0.717, 1.165) is 16.9 Å². The van der Waals surface area contributed by atoms with Gasteiger partial charge in [0.2, 0.25) is 5.91 Å². The molecule has 0 radical (unpaired) electrons. The molecule has 2 aromatic rings. The lowest BCUT2D eigenvalue weighted by atomic mass is 9.96. The van der Waals surface area contributed by atoms with Crippen molar-refractivity contribution in [3.63, 3.8) is 0 Å². The van der Waals surface area contributed by atoms with Crippen molar-refractivity contribution in [1.29, 1.82) is 0 Å². The highest BCUT2D eigenvalue weighted by atomic mass is 16.5. The molecule has 0 saturated carbocycles. The molecule has 0 fully saturated rings. The molecule has 24 heavy (non-hydrogen) atoms. The van der Waals surface area contributed by atoms with Crippen LogP contribution in [0, 0.1) is 5.92 Å². The van der Waals surface area contributed by atoms with E-state index in [0.29, 0.717) is 31.1 Å². The van der Waals surface area contributed by atoms with Crippen LogP contribution in [0.15, 0.2) is 42.5 Å². The normalized spacial score (nSPS) is 15.8. The fourth-order valence-electron chi connectivity index (χ4n) is 2.92. The van der Waals surface area contributed by atoms with Gasteiger partial charge in [0.1, 0.15) is 12.4 Å². The van der Waals surface area contributed by atoms with Crippen molar-refractivity contribution in [2.45, 2.75) is 13.0 Å². The number of para-hydroxylation sites is 2. The Bertz CT molecular complexity index is 729. The fourth-order valence-corrected chi connectivity index (χ4v) is 2.92. The number of amides is 1. The van der Waals surface area contributed by atoms with Crippen molar-refractivity contribution in [2.24, 2.45) is 5.92 Å². The number of nitrogens with one attached hydrogen (secondary N) is 1. The molecule has 5 heteroatoms. The maximum Gasteiger partial charge on any atom is 0.227 e. The SMILES string of the molecule is COc1cccc(CNC(=O)C2COc3ccccc3C2)c1OC. The van der Waals surface area contributed by atoms with Gasteiger partial charge < -0.3 is 19.5 Å². The first-order valence-electron chi connectivity index (χ1n) is 7.91. The number of rotatable bonds is 5. The van der Waals surface area contributed by atoms with Crippen molar-refractivity contribution in [1.82, 2.24) is 5.32 Å². The Labute approximate surface area is 141 Å². The number of hydrogen-bond donors (Lipinski definition) is 1. The summed E-state index contributed by atoms with van der Waals surface area (Å²) in [5.41, 5.74) is 1.95. The average molecular weight is 327 g/mol. The molecule has 3 rings (SSSR count). The van der Waals surface area contributed by atoms with Crippen molar-refractivity contribution in [3.8, 4) is 17.2 Å². The van der Waals surface area contributed by atoms with E-state index in [1.165, 1.54) is 0 Å². The Kier molecular flexibility index (Phi) is 4.89. The zero-order chi connectivity index (χ0) is 16.9. The van der Waals surface area contributed by atoms with Gasteiger partial charge in [0.15, 0.2) is 11.5 Å². The minimum Gasteiger partial charge on any atom is -0.493 e. The van der Waals surface area contributed by atoms with E-state index < -0.39 is 0 Å². The summed E-state index contributed by atoms with van der Waals surface area (Å²) in [5.74, 6) is 1.96. The molecule has 1 aliphatic rings. The fraction of sp³-hybridized carbons (Fsp3) is 0.316. The monoisotopic (exact) mass is 327 g/mol. The molecule has 1 amide bonds. The summed E-state index contributed by atoms with van der Waals surface area (Å²) in [4.78, 5) is 12.5. The largest absolute Gasteiger partial charge is 0.493 e. The van der Waals surface area contributed by atoms with Gasteiger partial charge in [0, 0.05) is 12.1 Å². The van der Waals surface area contributed by atoms with Crippen molar-refractivity contribution >= 4 is 5.91 Å². The van der Waals surface area contributed by atoms with Crippen molar-refractivity contribution in [2.75, 3.05) is 20.8 Å². The molecule has 0 aliphatic carbocycles. The molecule has 1 unspecified atom stereocenters. The van der Waals surface area contributed by atoms with Crippen LogP contribution in [0.1, 0.15) is 11.1 Å². The van der Waals surface area contributed by atoms with Gasteiger partial charge in [-0.1, -0.05) is 30.3 Å². The molecule has 126 valence electrons. The second-order valence-corrected chi connectivity index (χ2v) is 5.69. The molecule has 1 aliphatic heterocycles.